The van der Waals surface area contributed by atoms with Crippen molar-refractivity contribution in [3.8, 4) is 5.75 Å². The van der Waals surface area contributed by atoms with Gasteiger partial charge in [0.1, 0.15) is 11.4 Å². The molecule has 7 nitrogen and oxygen atoms in total. The number of methoxy groups -OCH3 is 1. The maximum absolute atomic E-state index is 12.4. The summed E-state index contributed by atoms with van der Waals surface area (Å²) in [5, 5.41) is 21.7. The van der Waals surface area contributed by atoms with Crippen LogP contribution in [0.5, 0.6) is 5.75 Å². The van der Waals surface area contributed by atoms with Gasteiger partial charge in [-0.25, -0.2) is 4.79 Å². The Hall–Kier alpha value is -2.54. The van der Waals surface area contributed by atoms with Gasteiger partial charge >= 0.3 is 5.97 Å². The highest BCUT2D eigenvalue weighted by atomic mass is 16.5. The van der Waals surface area contributed by atoms with Crippen LogP contribution >= 0.6 is 0 Å². The van der Waals surface area contributed by atoms with E-state index in [2.05, 4.69) is 5.32 Å². The van der Waals surface area contributed by atoms with Gasteiger partial charge in [0.15, 0.2) is 0 Å². The summed E-state index contributed by atoms with van der Waals surface area (Å²) in [7, 11) is 1.25. The number of amides is 1. The van der Waals surface area contributed by atoms with Gasteiger partial charge in [-0.1, -0.05) is 0 Å². The Balaban J connectivity index is 2.39. The molecule has 1 aliphatic heterocycles. The lowest BCUT2D eigenvalue weighted by molar-refractivity contribution is -0.136. The van der Waals surface area contributed by atoms with Gasteiger partial charge in [-0.3, -0.25) is 4.79 Å². The summed E-state index contributed by atoms with van der Waals surface area (Å²) >= 11 is 0. The van der Waals surface area contributed by atoms with Crippen molar-refractivity contribution in [2.24, 2.45) is 0 Å². The number of rotatable bonds is 5. The molecule has 0 unspecified atom stereocenters. The van der Waals surface area contributed by atoms with E-state index < -0.39 is 5.97 Å². The fourth-order valence-electron chi connectivity index (χ4n) is 2.43. The van der Waals surface area contributed by atoms with Gasteiger partial charge in [0.25, 0.3) is 5.91 Å². The Bertz CT molecular complexity index is 681. The highest BCUT2D eigenvalue weighted by Crippen LogP contribution is 2.29. The quantitative estimate of drug-likeness (QED) is 0.545. The number of anilines is 1. The maximum Gasteiger partial charge on any atom is 0.337 e. The molecule has 23 heavy (non-hydrogen) atoms. The third-order valence-corrected chi connectivity index (χ3v) is 3.97. The topological polar surface area (TPSA) is 99.1 Å². The monoisotopic (exact) mass is 320 g/mol. The van der Waals surface area contributed by atoms with Crippen molar-refractivity contribution in [2.45, 2.75) is 13.8 Å². The number of nitrogens with zero attached hydrogens (tertiary/aromatic N) is 1. The molecule has 0 saturated heterocycles. The van der Waals surface area contributed by atoms with Crippen LogP contribution in [-0.4, -0.2) is 53.8 Å². The van der Waals surface area contributed by atoms with E-state index >= 15 is 0 Å². The second-order valence-electron chi connectivity index (χ2n) is 5.30. The van der Waals surface area contributed by atoms with E-state index in [9.17, 15) is 14.7 Å². The third-order valence-electron chi connectivity index (χ3n) is 3.97. The number of aromatic hydroxyl groups is 1. The summed E-state index contributed by atoms with van der Waals surface area (Å²) in [5.74, 6) is -0.797. The number of carbonyl (C=O) groups excluding carboxylic acids is 2. The Morgan fingerprint density at radius 1 is 1.35 bits per heavy atom. The maximum atomic E-state index is 12.4. The number of nitrogens with one attached hydrogen (secondary N) is 1. The van der Waals surface area contributed by atoms with Crippen molar-refractivity contribution < 1.29 is 24.5 Å². The van der Waals surface area contributed by atoms with E-state index in [1.54, 1.807) is 19.9 Å². The fourth-order valence-corrected chi connectivity index (χ4v) is 2.43. The molecule has 0 fully saturated rings. The van der Waals surface area contributed by atoms with E-state index in [0.29, 0.717) is 11.3 Å². The highest BCUT2D eigenvalue weighted by Gasteiger charge is 2.34. The Labute approximate surface area is 134 Å². The van der Waals surface area contributed by atoms with Gasteiger partial charge in [0.05, 0.1) is 25.8 Å². The SMILES string of the molecule is COC(=O)C1=C(Nc2ccc(O)c(C)c2C)C(=O)N(CCO)C1. The van der Waals surface area contributed by atoms with Crippen molar-refractivity contribution in [1.82, 2.24) is 4.90 Å². The van der Waals surface area contributed by atoms with Crippen molar-refractivity contribution in [3.05, 3.63) is 34.5 Å². The van der Waals surface area contributed by atoms with Crippen molar-refractivity contribution in [1.29, 1.82) is 0 Å². The number of carbonyl (C=O) groups is 2. The van der Waals surface area contributed by atoms with Gasteiger partial charge < -0.3 is 25.2 Å². The molecule has 0 spiro atoms. The van der Waals surface area contributed by atoms with Crippen LogP contribution in [0.25, 0.3) is 0 Å². The Kier molecular flexibility index (Phi) is 4.90. The van der Waals surface area contributed by atoms with Gasteiger partial charge in [0.2, 0.25) is 0 Å². The summed E-state index contributed by atoms with van der Waals surface area (Å²) in [6.07, 6.45) is 0. The number of β-amino-alcohol motifs (C(OH)–C–C–N with tert-alkyl or cyclic N) is 1. The first-order chi connectivity index (χ1) is 10.9. The molecule has 0 radical (unpaired) electrons. The number of hydrogen-bond acceptors (Lipinski definition) is 6. The molecule has 2 rings (SSSR count). The van der Waals surface area contributed by atoms with Crippen LogP contribution in [0.1, 0.15) is 11.1 Å². The van der Waals surface area contributed by atoms with Crippen LogP contribution in [-0.2, 0) is 14.3 Å². The molecule has 124 valence electrons. The van der Waals surface area contributed by atoms with Crippen molar-refractivity contribution in [3.63, 3.8) is 0 Å². The Morgan fingerprint density at radius 3 is 2.65 bits per heavy atom. The van der Waals surface area contributed by atoms with E-state index in [1.807, 2.05) is 0 Å². The average molecular weight is 320 g/mol. The number of aliphatic hydroxyl groups excluding tert-OH is 1. The largest absolute Gasteiger partial charge is 0.508 e. The second kappa shape index (κ2) is 6.70. The first kappa shape index (κ1) is 16.8. The minimum Gasteiger partial charge on any atom is -0.508 e. The predicted molar refractivity (Wildman–Crippen MR) is 83.9 cm³/mol. The minimum absolute atomic E-state index is 0.0878. The zero-order valence-electron chi connectivity index (χ0n) is 13.3. The summed E-state index contributed by atoms with van der Waals surface area (Å²) < 4.78 is 4.73. The van der Waals surface area contributed by atoms with E-state index in [-0.39, 0.29) is 42.6 Å². The Morgan fingerprint density at radius 2 is 2.04 bits per heavy atom. The third kappa shape index (κ3) is 3.14. The van der Waals surface area contributed by atoms with Crippen LogP contribution in [0.4, 0.5) is 5.69 Å². The minimum atomic E-state index is -0.588. The number of aliphatic hydroxyl groups is 1. The lowest BCUT2D eigenvalue weighted by Gasteiger charge is -2.16. The first-order valence-corrected chi connectivity index (χ1v) is 7.18. The summed E-state index contributed by atoms with van der Waals surface area (Å²) in [4.78, 5) is 25.7. The predicted octanol–water partition coefficient (Wildman–Crippen LogP) is 0.683. The number of phenols is 1. The molecule has 0 saturated carbocycles. The van der Waals surface area contributed by atoms with Crippen molar-refractivity contribution in [2.75, 3.05) is 32.1 Å². The normalized spacial score (nSPS) is 14.4. The molecule has 1 amide bonds. The van der Waals surface area contributed by atoms with Gasteiger partial charge in [-0.2, -0.15) is 0 Å². The highest BCUT2D eigenvalue weighted by molar-refractivity contribution is 6.08. The van der Waals surface area contributed by atoms with Gasteiger partial charge in [0, 0.05) is 12.2 Å². The zero-order chi connectivity index (χ0) is 17.1. The molecule has 0 atom stereocenters. The molecule has 0 bridgehead atoms. The standard InChI is InChI=1S/C16H20N2O5/c1-9-10(2)13(20)5-4-12(9)17-14-11(16(22)23-3)8-18(6-7-19)15(14)21/h4-5,17,19-20H,6-8H2,1-3H3. The number of ether oxygens (including phenoxy) is 1. The summed E-state index contributed by atoms with van der Waals surface area (Å²) in [6.45, 7) is 3.61. The number of benzene rings is 1. The second-order valence-corrected chi connectivity index (χ2v) is 5.30. The number of hydrogen-bond donors (Lipinski definition) is 3. The van der Waals surface area contributed by atoms with E-state index in [0.717, 1.165) is 5.56 Å². The summed E-state index contributed by atoms with van der Waals surface area (Å²) in [5.41, 5.74) is 2.44. The smallest absolute Gasteiger partial charge is 0.337 e. The molecular weight excluding hydrogens is 300 g/mol. The molecular formula is C16H20N2O5. The molecule has 1 aromatic carbocycles. The van der Waals surface area contributed by atoms with Crippen molar-refractivity contribution >= 4 is 17.6 Å². The molecule has 1 aliphatic rings. The van der Waals surface area contributed by atoms with E-state index in [4.69, 9.17) is 9.84 Å². The summed E-state index contributed by atoms with van der Waals surface area (Å²) in [6, 6.07) is 3.16. The molecule has 0 aromatic heterocycles. The zero-order valence-corrected chi connectivity index (χ0v) is 13.3. The van der Waals surface area contributed by atoms with Crippen LogP contribution in [0.3, 0.4) is 0 Å². The van der Waals surface area contributed by atoms with Crippen LogP contribution < -0.4 is 5.32 Å². The van der Waals surface area contributed by atoms with Gasteiger partial charge in [-0.15, -0.1) is 0 Å². The number of phenolic OH excluding ortho intramolecular Hbond substituents is 1. The molecule has 1 heterocycles. The fraction of sp³-hybridized carbons (Fsp3) is 0.375. The molecule has 1 aromatic rings. The van der Waals surface area contributed by atoms with Gasteiger partial charge in [-0.05, 0) is 37.1 Å². The van der Waals surface area contributed by atoms with Crippen LogP contribution in [0, 0.1) is 13.8 Å². The first-order valence-electron chi connectivity index (χ1n) is 7.18. The van der Waals surface area contributed by atoms with Crippen LogP contribution in [0.15, 0.2) is 23.4 Å². The lowest BCUT2D eigenvalue weighted by Crippen LogP contribution is -2.31. The molecule has 3 N–H and O–H groups in total. The number of esters is 1. The average Bonchev–Trinajstić information content (AvgIpc) is 2.84. The van der Waals surface area contributed by atoms with Crippen LogP contribution in [0.2, 0.25) is 0 Å². The molecule has 0 aliphatic carbocycles. The molecule has 7 heteroatoms. The lowest BCUT2D eigenvalue weighted by atomic mass is 10.1. The van der Waals surface area contributed by atoms with E-state index in [1.165, 1.54) is 18.1 Å².